The van der Waals surface area contributed by atoms with Crippen LogP contribution in [0.15, 0.2) is 78.0 Å². The Hall–Kier alpha value is -2.96. The van der Waals surface area contributed by atoms with Crippen LogP contribution in [0.4, 0.5) is 0 Å². The average molecular weight is 499 g/mol. The number of aromatic nitrogens is 2. The number of carbonyl (C=O) groups excluding carboxylic acids is 1. The summed E-state index contributed by atoms with van der Waals surface area (Å²) >= 11 is 0. The van der Waals surface area contributed by atoms with Gasteiger partial charge in [0.2, 0.25) is 0 Å². The molecule has 2 heterocycles. The summed E-state index contributed by atoms with van der Waals surface area (Å²) in [5, 5.41) is 12.5. The largest absolute Gasteiger partial charge is 2.00 e. The Bertz CT molecular complexity index is 1200. The standard InChI is InChI=1S/C12H8N2.C7H6O5S.Cu.3H2O/c1-3-9-5-6-10-4-2-8-14-12(10)11(9)13-7-1;8-7(9)5-2-1-3-6(4-5)13(10,11)12;;;;/h1-8H;1-4H,(H,8,9)(H,10,11,12);;3*1H2/q;;+2;;;/p-1. The van der Waals surface area contributed by atoms with E-state index in [1.807, 2.05) is 12.1 Å². The Morgan fingerprint density at radius 1 is 0.806 bits per heavy atom. The van der Waals surface area contributed by atoms with Gasteiger partial charge in [0.25, 0.3) is 0 Å². The number of carbonyl (C=O) groups is 1. The summed E-state index contributed by atoms with van der Waals surface area (Å²) in [6.45, 7) is 0. The fraction of sp³-hybridized carbons (Fsp3) is 0. The summed E-state index contributed by atoms with van der Waals surface area (Å²) in [6.07, 6.45) is 3.60. The molecule has 0 fully saturated rings. The number of aromatic carboxylic acids is 1. The molecule has 10 nitrogen and oxygen atoms in total. The van der Waals surface area contributed by atoms with Crippen molar-refractivity contribution in [1.82, 2.24) is 9.97 Å². The molecule has 0 bridgehead atoms. The second-order valence-electron chi connectivity index (χ2n) is 5.49. The molecule has 0 aliphatic carbocycles. The van der Waals surface area contributed by atoms with Gasteiger partial charge in [-0.15, -0.1) is 0 Å². The molecule has 2 aromatic heterocycles. The number of rotatable bonds is 2. The molecule has 0 aliphatic rings. The number of fused-ring (bicyclic) bond motifs is 3. The molecule has 0 spiro atoms. The number of benzene rings is 2. The van der Waals surface area contributed by atoms with Crippen molar-refractivity contribution in [1.29, 1.82) is 0 Å². The van der Waals surface area contributed by atoms with Gasteiger partial charge >= 0.3 is 17.1 Å². The normalized spacial score (nSPS) is 9.58. The first-order chi connectivity index (χ1) is 12.9. The first kappa shape index (κ1) is 30.2. The van der Waals surface area contributed by atoms with Crippen molar-refractivity contribution in [2.45, 2.75) is 4.90 Å². The van der Waals surface area contributed by atoms with Gasteiger partial charge in [-0.1, -0.05) is 36.4 Å². The molecule has 0 saturated carbocycles. The van der Waals surface area contributed by atoms with E-state index in [4.69, 9.17) is 0 Å². The zero-order chi connectivity index (χ0) is 19.4. The molecule has 0 atom stereocenters. The zero-order valence-corrected chi connectivity index (χ0v) is 17.4. The third-order valence-electron chi connectivity index (χ3n) is 3.70. The maximum atomic E-state index is 10.4. The Labute approximate surface area is 187 Å². The van der Waals surface area contributed by atoms with Crippen LogP contribution in [0.25, 0.3) is 21.8 Å². The molecular formula is C19H19CuN2O8S+. The minimum absolute atomic E-state index is 0. The van der Waals surface area contributed by atoms with Gasteiger partial charge in [-0.05, 0) is 29.8 Å². The summed E-state index contributed by atoms with van der Waals surface area (Å²) < 4.78 is 31.3. The van der Waals surface area contributed by atoms with Crippen molar-refractivity contribution in [3.63, 3.8) is 0 Å². The SMILES string of the molecule is O.O.O=C([O-])c1cccc(S(=O)(=O)[O-])c1.[Cu+2].[OH3+].c1cnc2c(c1)ccc1cccnc12. The van der Waals surface area contributed by atoms with Crippen LogP contribution >= 0.6 is 0 Å². The molecule has 7 N–H and O–H groups in total. The fourth-order valence-electron chi connectivity index (χ4n) is 2.46. The minimum atomic E-state index is -4.60. The van der Waals surface area contributed by atoms with E-state index < -0.39 is 21.0 Å². The van der Waals surface area contributed by atoms with E-state index >= 15 is 0 Å². The summed E-state index contributed by atoms with van der Waals surface area (Å²) in [5.74, 6) is -1.52. The van der Waals surface area contributed by atoms with E-state index in [9.17, 15) is 22.9 Å². The zero-order valence-electron chi connectivity index (χ0n) is 15.7. The van der Waals surface area contributed by atoms with Crippen LogP contribution in [0.5, 0.6) is 0 Å². The Kier molecular flexibility index (Phi) is 12.4. The molecule has 12 heteroatoms. The smallest absolute Gasteiger partial charge is 0.744 e. The van der Waals surface area contributed by atoms with Crippen LogP contribution in [-0.4, -0.2) is 39.9 Å². The molecule has 4 aromatic rings. The van der Waals surface area contributed by atoms with Gasteiger partial charge in [-0.2, -0.15) is 0 Å². The van der Waals surface area contributed by atoms with E-state index in [1.165, 1.54) is 0 Å². The van der Waals surface area contributed by atoms with E-state index in [1.54, 1.807) is 12.4 Å². The van der Waals surface area contributed by atoms with E-state index in [0.717, 1.165) is 46.1 Å². The van der Waals surface area contributed by atoms with Crippen LogP contribution in [0.3, 0.4) is 0 Å². The first-order valence-corrected chi connectivity index (χ1v) is 9.13. The van der Waals surface area contributed by atoms with Gasteiger partial charge in [-0.3, -0.25) is 9.97 Å². The monoisotopic (exact) mass is 498 g/mol. The number of hydrogen-bond acceptors (Lipinski definition) is 7. The van der Waals surface area contributed by atoms with Gasteiger partial charge in [0.15, 0.2) is 0 Å². The van der Waals surface area contributed by atoms with Gasteiger partial charge in [-0.25, -0.2) is 8.42 Å². The van der Waals surface area contributed by atoms with Crippen molar-refractivity contribution in [3.05, 3.63) is 78.6 Å². The maximum Gasteiger partial charge on any atom is 2.00 e. The van der Waals surface area contributed by atoms with Gasteiger partial charge in [0, 0.05) is 23.2 Å². The summed E-state index contributed by atoms with van der Waals surface area (Å²) in [6, 6.07) is 16.2. The molecule has 1 radical (unpaired) electrons. The molecule has 2 aromatic carbocycles. The van der Waals surface area contributed by atoms with Crippen molar-refractivity contribution in [2.75, 3.05) is 0 Å². The molecule has 0 aliphatic heterocycles. The van der Waals surface area contributed by atoms with Crippen LogP contribution in [0, 0.1) is 0 Å². The Morgan fingerprint density at radius 3 is 1.71 bits per heavy atom. The number of carboxylic acids is 1. The maximum absolute atomic E-state index is 10.4. The number of pyridine rings is 2. The summed E-state index contributed by atoms with van der Waals surface area (Å²) in [4.78, 5) is 18.4. The van der Waals surface area contributed by atoms with Gasteiger partial charge in [0.05, 0.1) is 21.9 Å². The predicted molar refractivity (Wildman–Crippen MR) is 108 cm³/mol. The molecule has 31 heavy (non-hydrogen) atoms. The first-order valence-electron chi connectivity index (χ1n) is 7.72. The van der Waals surface area contributed by atoms with Gasteiger partial charge in [0.1, 0.15) is 10.1 Å². The van der Waals surface area contributed by atoms with Crippen LogP contribution in [-0.2, 0) is 32.7 Å². The third kappa shape index (κ3) is 7.35. The molecular weight excluding hydrogens is 480 g/mol. The average Bonchev–Trinajstić information content (AvgIpc) is 2.68. The van der Waals surface area contributed by atoms with Crippen molar-refractivity contribution in [2.24, 2.45) is 0 Å². The second-order valence-corrected chi connectivity index (χ2v) is 6.86. The van der Waals surface area contributed by atoms with Crippen LogP contribution in [0.2, 0.25) is 0 Å². The molecule has 0 amide bonds. The van der Waals surface area contributed by atoms with Gasteiger partial charge < -0.3 is 30.9 Å². The molecule has 0 unspecified atom stereocenters. The van der Waals surface area contributed by atoms with E-state index in [2.05, 4.69) is 34.2 Å². The summed E-state index contributed by atoms with van der Waals surface area (Å²) in [7, 11) is -4.60. The van der Waals surface area contributed by atoms with Crippen LogP contribution in [0.1, 0.15) is 10.4 Å². The van der Waals surface area contributed by atoms with Crippen molar-refractivity contribution < 1.29 is 56.4 Å². The molecule has 0 saturated heterocycles. The van der Waals surface area contributed by atoms with E-state index in [-0.39, 0.29) is 39.1 Å². The van der Waals surface area contributed by atoms with Crippen molar-refractivity contribution in [3.8, 4) is 0 Å². The molecule has 4 rings (SSSR count). The third-order valence-corrected chi connectivity index (χ3v) is 4.53. The number of hydrogen-bond donors (Lipinski definition) is 0. The van der Waals surface area contributed by atoms with E-state index in [0.29, 0.717) is 0 Å². The van der Waals surface area contributed by atoms with Crippen molar-refractivity contribution >= 4 is 37.9 Å². The van der Waals surface area contributed by atoms with Crippen LogP contribution < -0.4 is 5.11 Å². The topological polar surface area (TPSA) is 219 Å². The molecule has 169 valence electrons. The second kappa shape index (κ2) is 12.7. The predicted octanol–water partition coefficient (Wildman–Crippen LogP) is -0.837. The Morgan fingerprint density at radius 2 is 1.29 bits per heavy atom. The Balaban J connectivity index is 0. The minimum Gasteiger partial charge on any atom is -0.744 e. The summed E-state index contributed by atoms with van der Waals surface area (Å²) in [5.41, 5.74) is 1.62. The number of nitrogens with zero attached hydrogens (tertiary/aromatic N) is 2. The quantitative estimate of drug-likeness (QED) is 0.147. The number of carboxylic acid groups (broad SMARTS) is 1. The fourth-order valence-corrected chi connectivity index (χ4v) is 2.97.